The molecule has 0 fully saturated rings. The van der Waals surface area contributed by atoms with Crippen molar-refractivity contribution < 1.29 is 0 Å². The van der Waals surface area contributed by atoms with Gasteiger partial charge in [-0.05, 0) is 12.3 Å². The van der Waals surface area contributed by atoms with Crippen LogP contribution < -0.4 is 0 Å². The number of hydrogen-bond acceptors (Lipinski definition) is 0. The first kappa shape index (κ1) is 7.33. The lowest BCUT2D eigenvalue weighted by molar-refractivity contribution is 0.739. The van der Waals surface area contributed by atoms with Gasteiger partial charge in [-0.2, -0.15) is 0 Å². The summed E-state index contributed by atoms with van der Waals surface area (Å²) in [6, 6.07) is 0. The molecule has 0 bridgehead atoms. The molecule has 0 amide bonds. The predicted molar refractivity (Wildman–Crippen MR) is 45.8 cm³/mol. The Bertz CT molecular complexity index is 192. The molecule has 0 radical (unpaired) electrons. The Hall–Kier alpha value is -0.780. The molecule has 1 rings (SSSR count). The quantitative estimate of drug-likeness (QED) is 0.517. The van der Waals surface area contributed by atoms with E-state index in [1.807, 2.05) is 0 Å². The highest BCUT2D eigenvalue weighted by atomic mass is 14.1. The normalized spacial score (nSPS) is 17.9. The SMILES string of the molecule is C=C1C=CC=C(C(C)C)C1. The van der Waals surface area contributed by atoms with Gasteiger partial charge in [0.05, 0.1) is 0 Å². The summed E-state index contributed by atoms with van der Waals surface area (Å²) in [7, 11) is 0. The average molecular weight is 134 g/mol. The summed E-state index contributed by atoms with van der Waals surface area (Å²) in [5, 5.41) is 0. The zero-order valence-corrected chi connectivity index (χ0v) is 6.72. The summed E-state index contributed by atoms with van der Waals surface area (Å²) in [6.45, 7) is 8.36. The highest BCUT2D eigenvalue weighted by molar-refractivity contribution is 5.33. The monoisotopic (exact) mass is 134 g/mol. The summed E-state index contributed by atoms with van der Waals surface area (Å²) in [5.74, 6) is 0.668. The summed E-state index contributed by atoms with van der Waals surface area (Å²) in [6.07, 6.45) is 7.42. The van der Waals surface area contributed by atoms with E-state index in [4.69, 9.17) is 0 Å². The van der Waals surface area contributed by atoms with Gasteiger partial charge >= 0.3 is 0 Å². The average Bonchev–Trinajstić information content (AvgIpc) is 1.88. The van der Waals surface area contributed by atoms with E-state index in [9.17, 15) is 0 Å². The second-order valence-corrected chi connectivity index (χ2v) is 3.09. The molecule has 0 heteroatoms. The molecular weight excluding hydrogens is 120 g/mol. The molecule has 0 N–H and O–H groups in total. The molecule has 0 saturated carbocycles. The molecular formula is C10H14. The van der Waals surface area contributed by atoms with Gasteiger partial charge in [-0.1, -0.05) is 49.8 Å². The molecule has 1 aliphatic rings. The molecule has 10 heavy (non-hydrogen) atoms. The number of hydrogen-bond donors (Lipinski definition) is 0. The van der Waals surface area contributed by atoms with Crippen LogP contribution in [-0.2, 0) is 0 Å². The van der Waals surface area contributed by atoms with Crippen molar-refractivity contribution in [3.63, 3.8) is 0 Å². The molecule has 0 heterocycles. The van der Waals surface area contributed by atoms with Gasteiger partial charge in [0.25, 0.3) is 0 Å². The van der Waals surface area contributed by atoms with Gasteiger partial charge in [-0.3, -0.25) is 0 Å². The molecule has 0 nitrogen and oxygen atoms in total. The van der Waals surface area contributed by atoms with Gasteiger partial charge in [0.2, 0.25) is 0 Å². The van der Waals surface area contributed by atoms with Crippen molar-refractivity contribution in [3.8, 4) is 0 Å². The van der Waals surface area contributed by atoms with Gasteiger partial charge in [0.15, 0.2) is 0 Å². The van der Waals surface area contributed by atoms with E-state index in [2.05, 4.69) is 38.7 Å². The fourth-order valence-corrected chi connectivity index (χ4v) is 1.08. The van der Waals surface area contributed by atoms with E-state index in [1.165, 1.54) is 11.1 Å². The second-order valence-electron chi connectivity index (χ2n) is 3.09. The largest absolute Gasteiger partial charge is 0.0955 e. The third-order valence-corrected chi connectivity index (χ3v) is 1.81. The Morgan fingerprint density at radius 3 is 2.60 bits per heavy atom. The van der Waals surface area contributed by atoms with Crippen LogP contribution >= 0.6 is 0 Å². The van der Waals surface area contributed by atoms with Crippen molar-refractivity contribution in [2.24, 2.45) is 5.92 Å². The van der Waals surface area contributed by atoms with Gasteiger partial charge in [0, 0.05) is 0 Å². The first-order valence-corrected chi connectivity index (χ1v) is 3.75. The lowest BCUT2D eigenvalue weighted by Crippen LogP contribution is -1.97. The first-order valence-electron chi connectivity index (χ1n) is 3.75. The van der Waals surface area contributed by atoms with Crippen LogP contribution in [0.5, 0.6) is 0 Å². The highest BCUT2D eigenvalue weighted by Crippen LogP contribution is 2.22. The van der Waals surface area contributed by atoms with E-state index in [1.54, 1.807) is 0 Å². The van der Waals surface area contributed by atoms with Crippen molar-refractivity contribution >= 4 is 0 Å². The maximum Gasteiger partial charge on any atom is -0.00673 e. The maximum atomic E-state index is 3.92. The van der Waals surface area contributed by atoms with Crippen molar-refractivity contribution in [3.05, 3.63) is 36.0 Å². The first-order chi connectivity index (χ1) is 4.70. The lowest BCUT2D eigenvalue weighted by Gasteiger charge is -2.13. The third-order valence-electron chi connectivity index (χ3n) is 1.81. The topological polar surface area (TPSA) is 0 Å². The molecule has 0 saturated heterocycles. The Kier molecular flexibility index (Phi) is 2.10. The molecule has 0 aromatic carbocycles. The van der Waals surface area contributed by atoms with Crippen LogP contribution in [0, 0.1) is 5.92 Å². The summed E-state index contributed by atoms with van der Waals surface area (Å²) >= 11 is 0. The lowest BCUT2D eigenvalue weighted by atomic mass is 9.93. The van der Waals surface area contributed by atoms with E-state index in [0.29, 0.717) is 5.92 Å². The molecule has 0 atom stereocenters. The van der Waals surface area contributed by atoms with Gasteiger partial charge in [-0.15, -0.1) is 0 Å². The van der Waals surface area contributed by atoms with Gasteiger partial charge < -0.3 is 0 Å². The zero-order valence-electron chi connectivity index (χ0n) is 6.72. The summed E-state index contributed by atoms with van der Waals surface area (Å²) < 4.78 is 0. The second kappa shape index (κ2) is 2.87. The molecule has 54 valence electrons. The van der Waals surface area contributed by atoms with E-state index < -0.39 is 0 Å². The molecule has 1 aliphatic carbocycles. The van der Waals surface area contributed by atoms with Crippen LogP contribution in [0.2, 0.25) is 0 Å². The van der Waals surface area contributed by atoms with Crippen molar-refractivity contribution in [1.29, 1.82) is 0 Å². The highest BCUT2D eigenvalue weighted by Gasteiger charge is 2.05. The van der Waals surface area contributed by atoms with Crippen LogP contribution in [0.1, 0.15) is 20.3 Å². The van der Waals surface area contributed by atoms with Crippen LogP contribution in [0.4, 0.5) is 0 Å². The van der Waals surface area contributed by atoms with E-state index in [-0.39, 0.29) is 0 Å². The fraction of sp³-hybridized carbons (Fsp3) is 0.400. The standard InChI is InChI=1S/C10H14/c1-8(2)10-6-4-5-9(3)7-10/h4-6,8H,3,7H2,1-2H3. The molecule has 0 aromatic heterocycles. The van der Waals surface area contributed by atoms with Crippen LogP contribution in [0.15, 0.2) is 36.0 Å². The zero-order chi connectivity index (χ0) is 7.56. The Morgan fingerprint density at radius 1 is 1.50 bits per heavy atom. The van der Waals surface area contributed by atoms with Crippen molar-refractivity contribution in [2.45, 2.75) is 20.3 Å². The minimum atomic E-state index is 0.668. The van der Waals surface area contributed by atoms with Crippen LogP contribution in [0.25, 0.3) is 0 Å². The Labute approximate surface area is 62.9 Å². The van der Waals surface area contributed by atoms with Crippen molar-refractivity contribution in [1.82, 2.24) is 0 Å². The van der Waals surface area contributed by atoms with E-state index in [0.717, 1.165) is 6.42 Å². The van der Waals surface area contributed by atoms with Gasteiger partial charge in [-0.25, -0.2) is 0 Å². The van der Waals surface area contributed by atoms with Crippen LogP contribution in [0.3, 0.4) is 0 Å². The van der Waals surface area contributed by atoms with Gasteiger partial charge in [0.1, 0.15) is 0 Å². The Balaban J connectivity index is 2.70. The number of rotatable bonds is 1. The van der Waals surface area contributed by atoms with Crippen LogP contribution in [-0.4, -0.2) is 0 Å². The minimum Gasteiger partial charge on any atom is -0.0955 e. The Morgan fingerprint density at radius 2 is 2.20 bits per heavy atom. The van der Waals surface area contributed by atoms with Crippen molar-refractivity contribution in [2.75, 3.05) is 0 Å². The summed E-state index contributed by atoms with van der Waals surface area (Å²) in [4.78, 5) is 0. The molecule has 0 unspecified atom stereocenters. The third kappa shape index (κ3) is 1.60. The molecule has 0 aromatic rings. The molecule has 0 aliphatic heterocycles. The minimum absolute atomic E-state index is 0.668. The van der Waals surface area contributed by atoms with E-state index >= 15 is 0 Å². The summed E-state index contributed by atoms with van der Waals surface area (Å²) in [5.41, 5.74) is 2.72. The molecule has 0 spiro atoms. The predicted octanol–water partition coefficient (Wildman–Crippen LogP) is 3.08. The fourth-order valence-electron chi connectivity index (χ4n) is 1.08. The number of allylic oxidation sites excluding steroid dienone is 5. The maximum absolute atomic E-state index is 3.92. The smallest absolute Gasteiger partial charge is 0.00673 e.